The lowest BCUT2D eigenvalue weighted by Gasteiger charge is -2.23. The topological polar surface area (TPSA) is 58.5 Å². The van der Waals surface area contributed by atoms with Crippen LogP contribution in [0.3, 0.4) is 0 Å². The smallest absolute Gasteiger partial charge is 0.203 e. The first-order valence-corrected chi connectivity index (χ1v) is 13.1. The maximum Gasteiger partial charge on any atom is 0.203 e. The number of ether oxygens (including phenoxy) is 5. The van der Waals surface area contributed by atoms with Crippen molar-refractivity contribution < 1.29 is 28.1 Å². The van der Waals surface area contributed by atoms with Gasteiger partial charge in [-0.2, -0.15) is 0 Å². The standard InChI is InChI=1S/C33H32FNO5/c1-36-28-17-24(18-29(37-2)32(28)38-3)16-27-26-19-30(39-20-22-10-6-4-7-11-22)33(31(34)25(26)14-15-35-27)40-21-23-12-8-5-9-13-23/h4-13,17-19H,14-16,20-21H2,1-3H3. The van der Waals surface area contributed by atoms with Crippen LogP contribution in [0.4, 0.5) is 4.39 Å². The van der Waals surface area contributed by atoms with Crippen LogP contribution in [0.5, 0.6) is 28.7 Å². The van der Waals surface area contributed by atoms with Gasteiger partial charge in [-0.3, -0.25) is 4.99 Å². The lowest BCUT2D eigenvalue weighted by atomic mass is 9.92. The second-order valence-corrected chi connectivity index (χ2v) is 9.38. The van der Waals surface area contributed by atoms with E-state index in [1.165, 1.54) is 0 Å². The summed E-state index contributed by atoms with van der Waals surface area (Å²) in [5.41, 5.74) is 4.87. The number of methoxy groups -OCH3 is 3. The third-order valence-electron chi connectivity index (χ3n) is 6.82. The molecule has 1 aliphatic heterocycles. The Balaban J connectivity index is 1.50. The monoisotopic (exact) mass is 541 g/mol. The largest absolute Gasteiger partial charge is 0.493 e. The van der Waals surface area contributed by atoms with Gasteiger partial charge in [0.1, 0.15) is 13.2 Å². The molecule has 0 aromatic heterocycles. The van der Waals surface area contributed by atoms with Crippen LogP contribution in [0, 0.1) is 5.82 Å². The third kappa shape index (κ3) is 5.88. The van der Waals surface area contributed by atoms with Crippen LogP contribution in [0.2, 0.25) is 0 Å². The van der Waals surface area contributed by atoms with Crippen molar-refractivity contribution in [1.29, 1.82) is 0 Å². The van der Waals surface area contributed by atoms with Gasteiger partial charge in [-0.15, -0.1) is 0 Å². The molecule has 7 heteroatoms. The molecule has 1 heterocycles. The number of nitrogens with zero attached hydrogens (tertiary/aromatic N) is 1. The fourth-order valence-electron chi connectivity index (χ4n) is 4.83. The maximum absolute atomic E-state index is 16.2. The first kappa shape index (κ1) is 27.1. The fourth-order valence-corrected chi connectivity index (χ4v) is 4.83. The van der Waals surface area contributed by atoms with E-state index < -0.39 is 5.82 Å². The highest BCUT2D eigenvalue weighted by molar-refractivity contribution is 6.04. The van der Waals surface area contributed by atoms with Crippen molar-refractivity contribution in [2.75, 3.05) is 27.9 Å². The molecule has 0 saturated heterocycles. The van der Waals surface area contributed by atoms with Crippen molar-refractivity contribution in [3.63, 3.8) is 0 Å². The van der Waals surface area contributed by atoms with Crippen LogP contribution in [0.15, 0.2) is 83.9 Å². The average Bonchev–Trinajstić information content (AvgIpc) is 3.00. The van der Waals surface area contributed by atoms with Gasteiger partial charge in [0.15, 0.2) is 28.8 Å². The van der Waals surface area contributed by atoms with Crippen LogP contribution in [-0.2, 0) is 26.1 Å². The molecule has 0 atom stereocenters. The van der Waals surface area contributed by atoms with Crippen LogP contribution in [0.1, 0.15) is 27.8 Å². The second-order valence-electron chi connectivity index (χ2n) is 9.38. The molecular formula is C33H32FNO5. The van der Waals surface area contributed by atoms with Crippen molar-refractivity contribution in [2.45, 2.75) is 26.1 Å². The molecule has 4 aromatic rings. The number of hydrogen-bond acceptors (Lipinski definition) is 6. The molecule has 0 N–H and O–H groups in total. The molecule has 5 rings (SSSR count). The zero-order chi connectivity index (χ0) is 27.9. The quantitative estimate of drug-likeness (QED) is 0.214. The number of benzene rings is 4. The van der Waals surface area contributed by atoms with Gasteiger partial charge in [0.05, 0.1) is 21.3 Å². The Morgan fingerprint density at radius 1 is 0.675 bits per heavy atom. The lowest BCUT2D eigenvalue weighted by molar-refractivity contribution is 0.244. The molecule has 206 valence electrons. The summed E-state index contributed by atoms with van der Waals surface area (Å²) >= 11 is 0. The van der Waals surface area contributed by atoms with E-state index in [1.54, 1.807) is 21.3 Å². The summed E-state index contributed by atoms with van der Waals surface area (Å²) in [6.45, 7) is 0.983. The fraction of sp³-hybridized carbons (Fsp3) is 0.242. The third-order valence-corrected chi connectivity index (χ3v) is 6.82. The van der Waals surface area contributed by atoms with Crippen molar-refractivity contribution in [1.82, 2.24) is 0 Å². The molecule has 0 bridgehead atoms. The van der Waals surface area contributed by atoms with Gasteiger partial charge in [0.2, 0.25) is 5.75 Å². The van der Waals surface area contributed by atoms with Gasteiger partial charge in [0, 0.05) is 29.8 Å². The Morgan fingerprint density at radius 3 is 1.85 bits per heavy atom. The van der Waals surface area contributed by atoms with Crippen LogP contribution in [-0.4, -0.2) is 33.6 Å². The van der Waals surface area contributed by atoms with Crippen LogP contribution < -0.4 is 23.7 Å². The first-order valence-electron chi connectivity index (χ1n) is 13.1. The van der Waals surface area contributed by atoms with E-state index in [9.17, 15) is 0 Å². The predicted molar refractivity (Wildman–Crippen MR) is 153 cm³/mol. The minimum Gasteiger partial charge on any atom is -0.493 e. The highest BCUT2D eigenvalue weighted by Crippen LogP contribution is 2.40. The molecule has 0 aliphatic carbocycles. The van der Waals surface area contributed by atoms with E-state index >= 15 is 4.39 Å². The summed E-state index contributed by atoms with van der Waals surface area (Å²) in [5.74, 6) is 1.67. The van der Waals surface area contributed by atoms with Crippen LogP contribution >= 0.6 is 0 Å². The van der Waals surface area contributed by atoms with Crippen LogP contribution in [0.25, 0.3) is 0 Å². The molecule has 0 amide bonds. The van der Waals surface area contributed by atoms with E-state index in [-0.39, 0.29) is 19.0 Å². The highest BCUT2D eigenvalue weighted by Gasteiger charge is 2.26. The number of fused-ring (bicyclic) bond motifs is 1. The molecule has 0 saturated carbocycles. The molecule has 0 radical (unpaired) electrons. The number of rotatable bonds is 11. The summed E-state index contributed by atoms with van der Waals surface area (Å²) in [4.78, 5) is 4.78. The molecule has 4 aromatic carbocycles. The molecule has 0 fully saturated rings. The Kier molecular flexibility index (Phi) is 8.50. The Hall–Kier alpha value is -4.52. The minimum absolute atomic E-state index is 0.118. The SMILES string of the molecule is COc1cc(CC2=NCCc3c2cc(OCc2ccccc2)c(OCc2ccccc2)c3F)cc(OC)c1OC. The van der Waals surface area contributed by atoms with E-state index in [0.717, 1.165) is 22.4 Å². The molecule has 1 aliphatic rings. The van der Waals surface area contributed by atoms with E-state index in [4.69, 9.17) is 28.7 Å². The molecular weight excluding hydrogens is 509 g/mol. The minimum atomic E-state index is -0.409. The van der Waals surface area contributed by atoms with Crippen molar-refractivity contribution >= 4 is 5.71 Å². The normalized spacial score (nSPS) is 12.2. The van der Waals surface area contributed by atoms with E-state index in [0.29, 0.717) is 53.5 Å². The van der Waals surface area contributed by atoms with Crippen molar-refractivity contribution in [3.05, 3.63) is 112 Å². The molecule has 40 heavy (non-hydrogen) atoms. The Morgan fingerprint density at radius 2 is 1.27 bits per heavy atom. The van der Waals surface area contributed by atoms with Gasteiger partial charge >= 0.3 is 0 Å². The lowest BCUT2D eigenvalue weighted by Crippen LogP contribution is -2.18. The second kappa shape index (κ2) is 12.6. The van der Waals surface area contributed by atoms with Crippen molar-refractivity contribution in [3.8, 4) is 28.7 Å². The maximum atomic E-state index is 16.2. The van der Waals surface area contributed by atoms with Crippen molar-refractivity contribution in [2.24, 2.45) is 4.99 Å². The van der Waals surface area contributed by atoms with Gasteiger partial charge in [-0.1, -0.05) is 60.7 Å². The summed E-state index contributed by atoms with van der Waals surface area (Å²) in [5, 5.41) is 0. The number of hydrogen-bond donors (Lipinski definition) is 0. The van der Waals surface area contributed by atoms with Gasteiger partial charge < -0.3 is 23.7 Å². The summed E-state index contributed by atoms with van der Waals surface area (Å²) < 4.78 is 44.9. The Bertz CT molecular complexity index is 1460. The zero-order valence-electron chi connectivity index (χ0n) is 22.9. The first-order chi connectivity index (χ1) is 19.6. The molecule has 0 spiro atoms. The Labute approximate surface area is 234 Å². The highest BCUT2D eigenvalue weighted by atomic mass is 19.1. The zero-order valence-corrected chi connectivity index (χ0v) is 22.9. The molecule has 6 nitrogen and oxygen atoms in total. The van der Waals surface area contributed by atoms with Gasteiger partial charge in [-0.05, 0) is 41.3 Å². The van der Waals surface area contributed by atoms with E-state index in [2.05, 4.69) is 0 Å². The summed E-state index contributed by atoms with van der Waals surface area (Å²) in [7, 11) is 4.73. The molecule has 0 unspecified atom stereocenters. The summed E-state index contributed by atoms with van der Waals surface area (Å²) in [6.07, 6.45) is 0.923. The van der Waals surface area contributed by atoms with E-state index in [1.807, 2.05) is 78.9 Å². The number of halogens is 1. The summed E-state index contributed by atoms with van der Waals surface area (Å²) in [6, 6.07) is 25.1. The van der Waals surface area contributed by atoms with Gasteiger partial charge in [0.25, 0.3) is 0 Å². The predicted octanol–water partition coefficient (Wildman–Crippen LogP) is 6.60. The average molecular weight is 542 g/mol. The van der Waals surface area contributed by atoms with Gasteiger partial charge in [-0.25, -0.2) is 4.39 Å². The number of aliphatic imine (C=N–C) groups is 1.